The van der Waals surface area contributed by atoms with Crippen LogP contribution in [0.1, 0.15) is 23.0 Å². The summed E-state index contributed by atoms with van der Waals surface area (Å²) in [6.45, 7) is 1.98. The number of aryl methyl sites for hydroxylation is 1. The maximum Gasteiger partial charge on any atom is 0.191 e. The van der Waals surface area contributed by atoms with Gasteiger partial charge < -0.3 is 4.90 Å². The van der Waals surface area contributed by atoms with Crippen molar-refractivity contribution >= 4 is 11.3 Å². The fraction of sp³-hybridized carbons (Fsp3) is 0.308. The van der Waals surface area contributed by atoms with E-state index < -0.39 is 0 Å². The Balaban J connectivity index is 2.51. The second kappa shape index (κ2) is 5.00. The SMILES string of the molecule is CCc1nn2ncccc2c1C(=O)/C=C/N(C)C. The first-order chi connectivity index (χ1) is 8.63. The van der Waals surface area contributed by atoms with Crippen molar-refractivity contribution in [3.05, 3.63) is 41.9 Å². The Labute approximate surface area is 106 Å². The van der Waals surface area contributed by atoms with E-state index in [0.717, 1.165) is 11.2 Å². The van der Waals surface area contributed by atoms with Crippen LogP contribution >= 0.6 is 0 Å². The minimum Gasteiger partial charge on any atom is -0.383 e. The number of fused-ring (bicyclic) bond motifs is 1. The summed E-state index contributed by atoms with van der Waals surface area (Å²) < 4.78 is 1.51. The van der Waals surface area contributed by atoms with E-state index in [1.807, 2.05) is 38.1 Å². The van der Waals surface area contributed by atoms with Gasteiger partial charge in [0.25, 0.3) is 0 Å². The minimum atomic E-state index is -0.0384. The third-order valence-electron chi connectivity index (χ3n) is 2.60. The van der Waals surface area contributed by atoms with Crippen LogP contribution < -0.4 is 0 Å². The molecule has 2 heterocycles. The number of rotatable bonds is 4. The van der Waals surface area contributed by atoms with Crippen molar-refractivity contribution in [2.24, 2.45) is 0 Å². The zero-order valence-corrected chi connectivity index (χ0v) is 10.8. The third-order valence-corrected chi connectivity index (χ3v) is 2.60. The Morgan fingerprint density at radius 2 is 2.28 bits per heavy atom. The monoisotopic (exact) mass is 244 g/mol. The highest BCUT2D eigenvalue weighted by molar-refractivity contribution is 6.10. The largest absolute Gasteiger partial charge is 0.383 e. The second-order valence-corrected chi connectivity index (χ2v) is 4.22. The summed E-state index contributed by atoms with van der Waals surface area (Å²) in [5, 5.41) is 8.42. The van der Waals surface area contributed by atoms with E-state index in [-0.39, 0.29) is 5.78 Å². The molecule has 0 amide bonds. The molecule has 5 nitrogen and oxygen atoms in total. The summed E-state index contributed by atoms with van der Waals surface area (Å²) in [6.07, 6.45) is 5.66. The first-order valence-electron chi connectivity index (χ1n) is 5.85. The van der Waals surface area contributed by atoms with Crippen LogP contribution in [0.15, 0.2) is 30.6 Å². The summed E-state index contributed by atoms with van der Waals surface area (Å²) in [5.74, 6) is -0.0384. The fourth-order valence-electron chi connectivity index (χ4n) is 1.76. The minimum absolute atomic E-state index is 0.0384. The quantitative estimate of drug-likeness (QED) is 0.605. The molecule has 0 aromatic carbocycles. The highest BCUT2D eigenvalue weighted by Gasteiger charge is 2.16. The zero-order valence-electron chi connectivity index (χ0n) is 10.8. The number of carbonyl (C=O) groups excluding carboxylic acids is 1. The molecule has 5 heteroatoms. The standard InChI is InChI=1S/C13H16N4O/c1-4-10-13(12(18)7-9-16(2)3)11-6-5-8-14-17(11)15-10/h5-9H,4H2,1-3H3/b9-7+. The summed E-state index contributed by atoms with van der Waals surface area (Å²) in [5.41, 5.74) is 2.17. The van der Waals surface area contributed by atoms with Gasteiger partial charge in [0.05, 0.1) is 16.8 Å². The zero-order chi connectivity index (χ0) is 13.1. The molecule has 0 spiro atoms. The van der Waals surface area contributed by atoms with Gasteiger partial charge in [-0.3, -0.25) is 4.79 Å². The lowest BCUT2D eigenvalue weighted by Crippen LogP contribution is -2.04. The summed E-state index contributed by atoms with van der Waals surface area (Å²) >= 11 is 0. The molecule has 18 heavy (non-hydrogen) atoms. The molecule has 0 saturated carbocycles. The van der Waals surface area contributed by atoms with E-state index in [4.69, 9.17) is 0 Å². The van der Waals surface area contributed by atoms with Gasteiger partial charge in [-0.25, -0.2) is 0 Å². The van der Waals surface area contributed by atoms with Gasteiger partial charge in [0.15, 0.2) is 5.78 Å². The average molecular weight is 244 g/mol. The predicted molar refractivity (Wildman–Crippen MR) is 69.5 cm³/mol. The Bertz CT molecular complexity index is 598. The Kier molecular flexibility index (Phi) is 3.41. The molecule has 0 aliphatic heterocycles. The maximum absolute atomic E-state index is 12.2. The Hall–Kier alpha value is -2.17. The number of hydrogen-bond acceptors (Lipinski definition) is 4. The van der Waals surface area contributed by atoms with Crippen molar-refractivity contribution in [3.8, 4) is 0 Å². The molecule has 94 valence electrons. The van der Waals surface area contributed by atoms with E-state index in [1.165, 1.54) is 4.63 Å². The van der Waals surface area contributed by atoms with Crippen LogP contribution in [0.2, 0.25) is 0 Å². The molecule has 2 aromatic rings. The second-order valence-electron chi connectivity index (χ2n) is 4.22. The van der Waals surface area contributed by atoms with Crippen molar-refractivity contribution in [1.29, 1.82) is 0 Å². The van der Waals surface area contributed by atoms with E-state index >= 15 is 0 Å². The predicted octanol–water partition coefficient (Wildman–Crippen LogP) is 1.55. The molecule has 0 fully saturated rings. The highest BCUT2D eigenvalue weighted by atomic mass is 16.1. The van der Waals surface area contributed by atoms with Crippen molar-refractivity contribution < 1.29 is 4.79 Å². The fourth-order valence-corrected chi connectivity index (χ4v) is 1.76. The molecule has 0 aliphatic rings. The summed E-state index contributed by atoms with van der Waals surface area (Å²) in [4.78, 5) is 14.0. The van der Waals surface area contributed by atoms with Gasteiger partial charge >= 0.3 is 0 Å². The molecule has 0 N–H and O–H groups in total. The van der Waals surface area contributed by atoms with Gasteiger partial charge in [-0.2, -0.15) is 14.8 Å². The van der Waals surface area contributed by atoms with E-state index in [9.17, 15) is 4.79 Å². The summed E-state index contributed by atoms with van der Waals surface area (Å²) in [6, 6.07) is 3.67. The lowest BCUT2D eigenvalue weighted by molar-refractivity contribution is 0.104. The first kappa shape index (κ1) is 12.3. The van der Waals surface area contributed by atoms with Crippen molar-refractivity contribution in [2.45, 2.75) is 13.3 Å². The Morgan fingerprint density at radius 3 is 2.94 bits per heavy atom. The molecular formula is C13H16N4O. The number of nitrogens with zero attached hydrogens (tertiary/aromatic N) is 4. The van der Waals surface area contributed by atoms with Crippen LogP contribution in [-0.2, 0) is 6.42 Å². The van der Waals surface area contributed by atoms with E-state index in [1.54, 1.807) is 18.5 Å². The van der Waals surface area contributed by atoms with Crippen molar-refractivity contribution in [3.63, 3.8) is 0 Å². The van der Waals surface area contributed by atoms with Crippen LogP contribution in [0.5, 0.6) is 0 Å². The topological polar surface area (TPSA) is 50.5 Å². The van der Waals surface area contributed by atoms with Gasteiger partial charge in [-0.15, -0.1) is 0 Å². The highest BCUT2D eigenvalue weighted by Crippen LogP contribution is 2.16. The van der Waals surface area contributed by atoms with Gasteiger partial charge in [-0.1, -0.05) is 6.92 Å². The van der Waals surface area contributed by atoms with Gasteiger partial charge in [0, 0.05) is 32.6 Å². The van der Waals surface area contributed by atoms with Gasteiger partial charge in [0.2, 0.25) is 0 Å². The van der Waals surface area contributed by atoms with Crippen LogP contribution in [0.4, 0.5) is 0 Å². The van der Waals surface area contributed by atoms with E-state index in [2.05, 4.69) is 10.2 Å². The van der Waals surface area contributed by atoms with Crippen molar-refractivity contribution in [2.75, 3.05) is 14.1 Å². The third kappa shape index (κ3) is 2.25. The average Bonchev–Trinajstić information content (AvgIpc) is 2.74. The molecule has 2 rings (SSSR count). The first-order valence-corrected chi connectivity index (χ1v) is 5.85. The van der Waals surface area contributed by atoms with Crippen LogP contribution in [0, 0.1) is 0 Å². The Morgan fingerprint density at radius 1 is 1.50 bits per heavy atom. The number of allylic oxidation sites excluding steroid dienone is 1. The number of ketones is 1. The van der Waals surface area contributed by atoms with Crippen LogP contribution in [0.3, 0.4) is 0 Å². The number of hydrogen-bond donors (Lipinski definition) is 0. The lowest BCUT2D eigenvalue weighted by atomic mass is 10.1. The molecule has 0 radical (unpaired) electrons. The molecule has 0 bridgehead atoms. The van der Waals surface area contributed by atoms with Gasteiger partial charge in [-0.05, 0) is 18.6 Å². The molecule has 0 unspecified atom stereocenters. The van der Waals surface area contributed by atoms with Crippen LogP contribution in [-0.4, -0.2) is 39.6 Å². The van der Waals surface area contributed by atoms with Crippen LogP contribution in [0.25, 0.3) is 5.52 Å². The number of aromatic nitrogens is 3. The van der Waals surface area contributed by atoms with E-state index in [0.29, 0.717) is 12.0 Å². The smallest absolute Gasteiger partial charge is 0.191 e. The molecular weight excluding hydrogens is 228 g/mol. The molecule has 0 atom stereocenters. The molecule has 2 aromatic heterocycles. The lowest BCUT2D eigenvalue weighted by Gasteiger charge is -2.02. The normalized spacial score (nSPS) is 11.3. The molecule has 0 aliphatic carbocycles. The summed E-state index contributed by atoms with van der Waals surface area (Å²) in [7, 11) is 3.75. The van der Waals surface area contributed by atoms with Crippen molar-refractivity contribution in [1.82, 2.24) is 19.7 Å². The molecule has 0 saturated heterocycles. The maximum atomic E-state index is 12.2. The number of carbonyl (C=O) groups is 1. The van der Waals surface area contributed by atoms with Gasteiger partial charge in [0.1, 0.15) is 0 Å².